The quantitative estimate of drug-likeness (QED) is 0.448. The van der Waals surface area contributed by atoms with Gasteiger partial charge in [0.1, 0.15) is 10.5 Å². The van der Waals surface area contributed by atoms with Gasteiger partial charge in [-0.2, -0.15) is 8.42 Å². The van der Waals surface area contributed by atoms with Crippen molar-refractivity contribution in [2.75, 3.05) is 7.11 Å². The van der Waals surface area contributed by atoms with Crippen LogP contribution in [0.4, 0.5) is 0 Å². The van der Waals surface area contributed by atoms with Crippen molar-refractivity contribution in [1.29, 1.82) is 0 Å². The molecule has 0 aliphatic carbocycles. The lowest BCUT2D eigenvalue weighted by Gasteiger charge is -2.11. The van der Waals surface area contributed by atoms with E-state index in [2.05, 4.69) is 0 Å². The van der Waals surface area contributed by atoms with Crippen LogP contribution in [-0.2, 0) is 10.1 Å². The van der Waals surface area contributed by atoms with Gasteiger partial charge in [0, 0.05) is 5.39 Å². The number of methoxy groups -OCH3 is 1. The summed E-state index contributed by atoms with van der Waals surface area (Å²) < 4.78 is 41.6. The fraction of sp³-hybridized carbons (Fsp3) is 0.125. The normalized spacial score (nSPS) is 11.6. The second-order valence-electron chi connectivity index (χ2n) is 4.94. The van der Waals surface area contributed by atoms with E-state index in [4.69, 9.17) is 13.3 Å². The lowest BCUT2D eigenvalue weighted by molar-refractivity contribution is 0.390. The van der Waals surface area contributed by atoms with Crippen LogP contribution in [0.3, 0.4) is 0 Å². The third-order valence-electron chi connectivity index (χ3n) is 3.29. The van der Waals surface area contributed by atoms with Crippen molar-refractivity contribution < 1.29 is 21.8 Å². The minimum atomic E-state index is -3.98. The average molecular weight is 444 g/mol. The zero-order valence-electron chi connectivity index (χ0n) is 12.4. The monoisotopic (exact) mass is 444 g/mol. The summed E-state index contributed by atoms with van der Waals surface area (Å²) in [6.45, 7) is 1.85. The van der Waals surface area contributed by atoms with Crippen LogP contribution in [0.1, 0.15) is 5.56 Å². The molecule has 0 aliphatic heterocycles. The molecule has 1 heterocycles. The molecule has 3 aromatic rings. The van der Waals surface area contributed by atoms with E-state index in [-0.39, 0.29) is 10.6 Å². The molecule has 0 saturated carbocycles. The molecule has 120 valence electrons. The number of rotatable bonds is 4. The number of benzene rings is 2. The Morgan fingerprint density at radius 1 is 1.09 bits per heavy atom. The maximum Gasteiger partial charge on any atom is 0.339 e. The van der Waals surface area contributed by atoms with Gasteiger partial charge >= 0.3 is 10.1 Å². The molecule has 0 radical (unpaired) electrons. The summed E-state index contributed by atoms with van der Waals surface area (Å²) >= 11 is 2.03. The minimum absolute atomic E-state index is 0.0689. The van der Waals surface area contributed by atoms with E-state index in [0.717, 1.165) is 5.56 Å². The fourth-order valence-electron chi connectivity index (χ4n) is 2.17. The van der Waals surface area contributed by atoms with Gasteiger partial charge in [-0.15, -0.1) is 0 Å². The molecule has 0 spiro atoms. The predicted molar refractivity (Wildman–Crippen MR) is 94.5 cm³/mol. The van der Waals surface area contributed by atoms with Gasteiger partial charge in [-0.3, -0.25) is 0 Å². The van der Waals surface area contributed by atoms with Crippen LogP contribution >= 0.6 is 22.6 Å². The van der Waals surface area contributed by atoms with E-state index < -0.39 is 10.1 Å². The molecule has 0 atom stereocenters. The highest BCUT2D eigenvalue weighted by molar-refractivity contribution is 14.1. The third kappa shape index (κ3) is 3.16. The molecule has 0 N–H and O–H groups in total. The van der Waals surface area contributed by atoms with Crippen molar-refractivity contribution in [2.45, 2.75) is 11.8 Å². The number of halogens is 1. The lowest BCUT2D eigenvalue weighted by atomic mass is 10.2. The second kappa shape index (κ2) is 6.04. The van der Waals surface area contributed by atoms with Gasteiger partial charge < -0.3 is 13.3 Å². The van der Waals surface area contributed by atoms with E-state index >= 15 is 0 Å². The van der Waals surface area contributed by atoms with Crippen LogP contribution in [0.2, 0.25) is 0 Å². The number of aryl methyl sites for hydroxylation is 1. The summed E-state index contributed by atoms with van der Waals surface area (Å²) in [5.41, 5.74) is 1.52. The molecule has 0 bridgehead atoms. The molecule has 3 rings (SSSR count). The van der Waals surface area contributed by atoms with Gasteiger partial charge in [-0.1, -0.05) is 6.07 Å². The van der Waals surface area contributed by atoms with Crippen molar-refractivity contribution in [2.24, 2.45) is 0 Å². The first-order valence-electron chi connectivity index (χ1n) is 6.66. The smallest absolute Gasteiger partial charge is 0.339 e. The van der Waals surface area contributed by atoms with E-state index in [1.807, 2.05) is 35.6 Å². The maximum absolute atomic E-state index is 12.6. The molecule has 0 amide bonds. The first-order valence-corrected chi connectivity index (χ1v) is 9.15. The Morgan fingerprint density at radius 3 is 2.61 bits per heavy atom. The van der Waals surface area contributed by atoms with Gasteiger partial charge in [0.15, 0.2) is 11.5 Å². The Balaban J connectivity index is 2.05. The summed E-state index contributed by atoms with van der Waals surface area (Å²) in [6, 6.07) is 9.87. The van der Waals surface area contributed by atoms with Crippen molar-refractivity contribution in [3.63, 3.8) is 0 Å². The molecular weight excluding hydrogens is 431 g/mol. The molecule has 0 aliphatic rings. The molecular formula is C16H13IO5S. The van der Waals surface area contributed by atoms with Crippen LogP contribution in [-0.4, -0.2) is 15.5 Å². The summed E-state index contributed by atoms with van der Waals surface area (Å²) in [5.74, 6) is 0.521. The highest BCUT2D eigenvalue weighted by Gasteiger charge is 2.21. The summed E-state index contributed by atoms with van der Waals surface area (Å²) in [5, 5.41) is 0.704. The molecule has 1 aromatic heterocycles. The Labute approximate surface area is 147 Å². The van der Waals surface area contributed by atoms with Crippen molar-refractivity contribution in [1.82, 2.24) is 0 Å². The molecule has 2 aromatic carbocycles. The Hall–Kier alpha value is -1.74. The van der Waals surface area contributed by atoms with Crippen LogP contribution < -0.4 is 8.92 Å². The van der Waals surface area contributed by atoms with Gasteiger partial charge in [0.2, 0.25) is 0 Å². The van der Waals surface area contributed by atoms with E-state index in [1.54, 1.807) is 18.2 Å². The average Bonchev–Trinajstić information content (AvgIpc) is 2.96. The third-order valence-corrected chi connectivity index (χ3v) is 5.30. The molecule has 7 heteroatoms. The number of furan rings is 1. The number of hydrogen-bond donors (Lipinski definition) is 0. The van der Waals surface area contributed by atoms with Crippen LogP contribution in [0, 0.1) is 10.5 Å². The highest BCUT2D eigenvalue weighted by Crippen LogP contribution is 2.32. The molecule has 23 heavy (non-hydrogen) atoms. The first-order chi connectivity index (χ1) is 10.9. The summed E-state index contributed by atoms with van der Waals surface area (Å²) in [7, 11) is -2.52. The van der Waals surface area contributed by atoms with Crippen LogP contribution in [0.5, 0.6) is 11.5 Å². The summed E-state index contributed by atoms with van der Waals surface area (Å²) in [4.78, 5) is 0.0689. The zero-order valence-corrected chi connectivity index (χ0v) is 15.3. The Kier molecular flexibility index (Phi) is 4.24. The zero-order chi connectivity index (χ0) is 16.6. The first kappa shape index (κ1) is 16.1. The Morgan fingerprint density at radius 2 is 1.87 bits per heavy atom. The number of fused-ring (bicyclic) bond motifs is 1. The molecule has 0 unspecified atom stereocenters. The SMILES string of the molecule is COc1ccc(C)cc1OS(=O)(=O)c1cc(I)c2occc2c1. The van der Waals surface area contributed by atoms with E-state index in [1.165, 1.54) is 25.5 Å². The molecule has 0 saturated heterocycles. The van der Waals surface area contributed by atoms with Crippen LogP contribution in [0.15, 0.2) is 52.0 Å². The largest absolute Gasteiger partial charge is 0.493 e. The van der Waals surface area contributed by atoms with Crippen LogP contribution in [0.25, 0.3) is 11.0 Å². The van der Waals surface area contributed by atoms with E-state index in [0.29, 0.717) is 20.3 Å². The fourth-order valence-corrected chi connectivity index (χ4v) is 4.15. The van der Waals surface area contributed by atoms with Gasteiger partial charge in [0.25, 0.3) is 0 Å². The lowest BCUT2D eigenvalue weighted by Crippen LogP contribution is -2.11. The van der Waals surface area contributed by atoms with Crippen molar-refractivity contribution in [3.05, 3.63) is 51.8 Å². The standard InChI is InChI=1S/C16H13IO5S/c1-10-3-4-14(20-2)15(7-10)22-23(18,19)12-8-11-5-6-21-16(11)13(17)9-12/h3-9H,1-2H3. The molecule has 0 fully saturated rings. The van der Waals surface area contributed by atoms with E-state index in [9.17, 15) is 8.42 Å². The maximum atomic E-state index is 12.6. The number of ether oxygens (including phenoxy) is 1. The predicted octanol–water partition coefficient (Wildman–Crippen LogP) is 4.12. The minimum Gasteiger partial charge on any atom is -0.493 e. The number of hydrogen-bond acceptors (Lipinski definition) is 5. The Bertz CT molecular complexity index is 975. The van der Waals surface area contributed by atoms with Gasteiger partial charge in [-0.25, -0.2) is 0 Å². The second-order valence-corrected chi connectivity index (χ2v) is 7.64. The highest BCUT2D eigenvalue weighted by atomic mass is 127. The molecule has 5 nitrogen and oxygen atoms in total. The van der Waals surface area contributed by atoms with Crippen molar-refractivity contribution in [3.8, 4) is 11.5 Å². The summed E-state index contributed by atoms with van der Waals surface area (Å²) in [6.07, 6.45) is 1.52. The topological polar surface area (TPSA) is 65.7 Å². The van der Waals surface area contributed by atoms with Crippen molar-refractivity contribution >= 4 is 43.7 Å². The van der Waals surface area contributed by atoms with Gasteiger partial charge in [0.05, 0.1) is 16.9 Å². The van der Waals surface area contributed by atoms with Gasteiger partial charge in [-0.05, 0) is 65.4 Å².